The predicted molar refractivity (Wildman–Crippen MR) is 96.4 cm³/mol. The molecule has 128 valence electrons. The van der Waals surface area contributed by atoms with Gasteiger partial charge in [0, 0.05) is 42.2 Å². The van der Waals surface area contributed by atoms with Crippen LogP contribution in [0.2, 0.25) is 0 Å². The Hall–Kier alpha value is -2.02. The number of nitrogens with zero attached hydrogens (tertiary/aromatic N) is 4. The van der Waals surface area contributed by atoms with Crippen LogP contribution >= 0.6 is 11.3 Å². The Morgan fingerprint density at radius 1 is 1.29 bits per heavy atom. The van der Waals surface area contributed by atoms with Gasteiger partial charge in [-0.1, -0.05) is 20.8 Å². The molecule has 3 rings (SSSR count). The first kappa shape index (κ1) is 16.8. The molecule has 1 fully saturated rings. The van der Waals surface area contributed by atoms with Gasteiger partial charge >= 0.3 is 0 Å². The number of piperidine rings is 1. The van der Waals surface area contributed by atoms with E-state index in [0.29, 0.717) is 5.13 Å². The molecule has 3 heterocycles. The SMILES string of the molecule is CC(C)(C)c1csc(NC(=O)C2CCN(c3cnccn3)CC2)n1. The van der Waals surface area contributed by atoms with Gasteiger partial charge in [-0.2, -0.15) is 0 Å². The summed E-state index contributed by atoms with van der Waals surface area (Å²) in [6.07, 6.45) is 6.77. The molecule has 0 unspecified atom stereocenters. The van der Waals surface area contributed by atoms with E-state index in [1.54, 1.807) is 18.6 Å². The Balaban J connectivity index is 1.55. The molecule has 0 radical (unpaired) electrons. The molecule has 0 aromatic carbocycles. The number of thiazole rings is 1. The predicted octanol–water partition coefficient (Wildman–Crippen LogP) is 3.09. The van der Waals surface area contributed by atoms with Crippen molar-refractivity contribution in [2.24, 2.45) is 5.92 Å². The summed E-state index contributed by atoms with van der Waals surface area (Å²) >= 11 is 1.49. The topological polar surface area (TPSA) is 71.0 Å². The van der Waals surface area contributed by atoms with Gasteiger partial charge < -0.3 is 10.2 Å². The van der Waals surface area contributed by atoms with Crippen molar-refractivity contribution in [3.8, 4) is 0 Å². The van der Waals surface area contributed by atoms with Gasteiger partial charge in [0.05, 0.1) is 11.9 Å². The molecule has 0 saturated carbocycles. The molecule has 0 spiro atoms. The molecule has 0 atom stereocenters. The minimum absolute atomic E-state index is 0.00152. The minimum Gasteiger partial charge on any atom is -0.355 e. The van der Waals surface area contributed by atoms with Crippen LogP contribution in [-0.2, 0) is 10.2 Å². The number of anilines is 2. The molecular weight excluding hydrogens is 322 g/mol. The maximum Gasteiger partial charge on any atom is 0.229 e. The zero-order valence-electron chi connectivity index (χ0n) is 14.3. The number of hydrogen-bond donors (Lipinski definition) is 1. The Morgan fingerprint density at radius 2 is 2.04 bits per heavy atom. The fraction of sp³-hybridized carbons (Fsp3) is 0.529. The maximum atomic E-state index is 12.5. The van der Waals surface area contributed by atoms with Gasteiger partial charge in [-0.05, 0) is 12.8 Å². The Kier molecular flexibility index (Phi) is 4.80. The normalized spacial score (nSPS) is 16.2. The Morgan fingerprint density at radius 3 is 2.62 bits per heavy atom. The van der Waals surface area contributed by atoms with Crippen LogP contribution in [0.15, 0.2) is 24.0 Å². The van der Waals surface area contributed by atoms with Crippen LogP contribution in [-0.4, -0.2) is 33.9 Å². The molecule has 2 aromatic heterocycles. The lowest BCUT2D eigenvalue weighted by atomic mass is 9.93. The van der Waals surface area contributed by atoms with Gasteiger partial charge in [0.2, 0.25) is 5.91 Å². The van der Waals surface area contributed by atoms with Crippen LogP contribution in [0.4, 0.5) is 10.9 Å². The zero-order valence-corrected chi connectivity index (χ0v) is 15.1. The van der Waals surface area contributed by atoms with Crippen molar-refractivity contribution in [1.29, 1.82) is 0 Å². The molecule has 1 aliphatic rings. The highest BCUT2D eigenvalue weighted by Crippen LogP contribution is 2.28. The second-order valence-corrected chi connectivity index (χ2v) is 7.96. The monoisotopic (exact) mass is 345 g/mol. The van der Waals surface area contributed by atoms with Crippen LogP contribution in [0.5, 0.6) is 0 Å². The number of aromatic nitrogens is 3. The third-order valence-corrected chi connectivity index (χ3v) is 5.00. The molecule has 0 bridgehead atoms. The van der Waals surface area contributed by atoms with Crippen LogP contribution in [0.1, 0.15) is 39.3 Å². The number of rotatable bonds is 3. The van der Waals surface area contributed by atoms with Gasteiger partial charge in [-0.25, -0.2) is 9.97 Å². The summed E-state index contributed by atoms with van der Waals surface area (Å²) in [6, 6.07) is 0. The van der Waals surface area contributed by atoms with Crippen molar-refractivity contribution in [1.82, 2.24) is 15.0 Å². The van der Waals surface area contributed by atoms with Crippen molar-refractivity contribution in [3.05, 3.63) is 29.7 Å². The molecule has 1 amide bonds. The lowest BCUT2D eigenvalue weighted by Crippen LogP contribution is -2.38. The van der Waals surface area contributed by atoms with Crippen LogP contribution in [0, 0.1) is 5.92 Å². The van der Waals surface area contributed by atoms with Gasteiger partial charge in [-0.15, -0.1) is 11.3 Å². The second kappa shape index (κ2) is 6.84. The van der Waals surface area contributed by atoms with E-state index in [2.05, 4.69) is 45.9 Å². The van der Waals surface area contributed by atoms with E-state index in [-0.39, 0.29) is 17.2 Å². The summed E-state index contributed by atoms with van der Waals surface area (Å²) in [5.74, 6) is 0.981. The molecule has 6 nitrogen and oxygen atoms in total. The van der Waals surface area contributed by atoms with Gasteiger partial charge in [0.1, 0.15) is 5.82 Å². The first-order valence-corrected chi connectivity index (χ1v) is 9.09. The summed E-state index contributed by atoms with van der Waals surface area (Å²) in [6.45, 7) is 8.01. The quantitative estimate of drug-likeness (QED) is 0.925. The summed E-state index contributed by atoms with van der Waals surface area (Å²) in [5, 5.41) is 5.70. The van der Waals surface area contributed by atoms with E-state index in [0.717, 1.165) is 37.4 Å². The summed E-state index contributed by atoms with van der Waals surface area (Å²) in [7, 11) is 0. The van der Waals surface area contributed by atoms with E-state index in [1.165, 1.54) is 11.3 Å². The fourth-order valence-corrected chi connectivity index (χ4v) is 3.65. The third kappa shape index (κ3) is 3.90. The van der Waals surface area contributed by atoms with E-state index in [9.17, 15) is 4.79 Å². The number of carbonyl (C=O) groups excluding carboxylic acids is 1. The molecule has 1 saturated heterocycles. The maximum absolute atomic E-state index is 12.5. The fourth-order valence-electron chi connectivity index (χ4n) is 2.71. The van der Waals surface area contributed by atoms with E-state index in [4.69, 9.17) is 0 Å². The second-order valence-electron chi connectivity index (χ2n) is 7.10. The number of carbonyl (C=O) groups is 1. The van der Waals surface area contributed by atoms with Crippen molar-refractivity contribution in [2.45, 2.75) is 39.0 Å². The van der Waals surface area contributed by atoms with Crippen molar-refractivity contribution in [3.63, 3.8) is 0 Å². The van der Waals surface area contributed by atoms with Crippen molar-refractivity contribution >= 4 is 28.2 Å². The van der Waals surface area contributed by atoms with E-state index in [1.807, 2.05) is 5.38 Å². The lowest BCUT2D eigenvalue weighted by Gasteiger charge is -2.31. The van der Waals surface area contributed by atoms with Gasteiger partial charge in [0.15, 0.2) is 5.13 Å². The zero-order chi connectivity index (χ0) is 17.2. The average molecular weight is 345 g/mol. The smallest absolute Gasteiger partial charge is 0.229 e. The Labute approximate surface area is 146 Å². The number of nitrogens with one attached hydrogen (secondary N) is 1. The molecule has 0 aliphatic carbocycles. The lowest BCUT2D eigenvalue weighted by molar-refractivity contribution is -0.120. The standard InChI is InChI=1S/C17H23N5OS/c1-17(2,3)13-11-24-16(20-13)21-15(23)12-4-8-22(9-5-12)14-10-18-6-7-19-14/h6-7,10-12H,4-5,8-9H2,1-3H3,(H,20,21,23). The van der Waals surface area contributed by atoms with Gasteiger partial charge in [0.25, 0.3) is 0 Å². The first-order valence-electron chi connectivity index (χ1n) is 8.21. The van der Waals surface area contributed by atoms with Crippen molar-refractivity contribution in [2.75, 3.05) is 23.3 Å². The minimum atomic E-state index is 0.00152. The highest BCUT2D eigenvalue weighted by Gasteiger charge is 2.26. The Bertz CT molecular complexity index is 687. The average Bonchev–Trinajstić information content (AvgIpc) is 3.05. The molecule has 1 N–H and O–H groups in total. The molecular formula is C17H23N5OS. The summed E-state index contributed by atoms with van der Waals surface area (Å²) < 4.78 is 0. The third-order valence-electron chi connectivity index (χ3n) is 4.24. The summed E-state index contributed by atoms with van der Waals surface area (Å²) in [5.41, 5.74) is 1.02. The largest absolute Gasteiger partial charge is 0.355 e. The van der Waals surface area contributed by atoms with Crippen LogP contribution < -0.4 is 10.2 Å². The first-order chi connectivity index (χ1) is 11.4. The molecule has 7 heteroatoms. The molecule has 24 heavy (non-hydrogen) atoms. The van der Waals surface area contributed by atoms with E-state index >= 15 is 0 Å². The number of hydrogen-bond acceptors (Lipinski definition) is 6. The van der Waals surface area contributed by atoms with Gasteiger partial charge in [-0.3, -0.25) is 9.78 Å². The molecule has 2 aromatic rings. The number of amides is 1. The molecule has 1 aliphatic heterocycles. The van der Waals surface area contributed by atoms with E-state index < -0.39 is 0 Å². The van der Waals surface area contributed by atoms with Crippen LogP contribution in [0.25, 0.3) is 0 Å². The highest BCUT2D eigenvalue weighted by atomic mass is 32.1. The highest BCUT2D eigenvalue weighted by molar-refractivity contribution is 7.13. The van der Waals surface area contributed by atoms with Crippen LogP contribution in [0.3, 0.4) is 0 Å². The summed E-state index contributed by atoms with van der Waals surface area (Å²) in [4.78, 5) is 27.6. The van der Waals surface area contributed by atoms with Crippen molar-refractivity contribution < 1.29 is 4.79 Å².